The predicted molar refractivity (Wildman–Crippen MR) is 66.3 cm³/mol. The molecule has 6 heteroatoms. The first-order chi connectivity index (χ1) is 8.90. The van der Waals surface area contributed by atoms with E-state index in [1.165, 1.54) is 0 Å². The SMILES string of the molecule is CCN(CC(F)(F)F)C(=O)c1ccc2c(c1)CCN2. The van der Waals surface area contributed by atoms with Crippen LogP contribution in [-0.2, 0) is 6.42 Å². The number of anilines is 1. The van der Waals surface area contributed by atoms with Gasteiger partial charge in [0.1, 0.15) is 6.54 Å². The van der Waals surface area contributed by atoms with E-state index in [0.717, 1.165) is 29.1 Å². The molecule has 19 heavy (non-hydrogen) atoms. The Hall–Kier alpha value is -1.72. The van der Waals surface area contributed by atoms with Gasteiger partial charge in [-0.1, -0.05) is 0 Å². The second kappa shape index (κ2) is 5.11. The number of nitrogens with one attached hydrogen (secondary N) is 1. The van der Waals surface area contributed by atoms with Gasteiger partial charge >= 0.3 is 6.18 Å². The first-order valence-corrected chi connectivity index (χ1v) is 6.13. The number of carbonyl (C=O) groups is 1. The Kier molecular flexibility index (Phi) is 3.68. The van der Waals surface area contributed by atoms with Crippen molar-refractivity contribution < 1.29 is 18.0 Å². The van der Waals surface area contributed by atoms with Gasteiger partial charge in [0.15, 0.2) is 0 Å². The second-order valence-corrected chi connectivity index (χ2v) is 4.48. The molecule has 1 amide bonds. The maximum Gasteiger partial charge on any atom is 0.406 e. The summed E-state index contributed by atoms with van der Waals surface area (Å²) in [6, 6.07) is 4.99. The van der Waals surface area contributed by atoms with Gasteiger partial charge in [0.25, 0.3) is 5.91 Å². The van der Waals surface area contributed by atoms with Gasteiger partial charge in [-0.15, -0.1) is 0 Å². The smallest absolute Gasteiger partial charge is 0.384 e. The molecule has 1 aromatic rings. The standard InChI is InChI=1S/C13H15F3N2O/c1-2-18(8-13(14,15)16)12(19)10-3-4-11-9(7-10)5-6-17-11/h3-4,7,17H,2,5-6,8H2,1H3. The first kappa shape index (κ1) is 13.7. The van der Waals surface area contributed by atoms with Crippen LogP contribution in [0.3, 0.4) is 0 Å². The molecule has 0 saturated carbocycles. The molecule has 0 bridgehead atoms. The molecule has 0 spiro atoms. The minimum Gasteiger partial charge on any atom is -0.384 e. The molecule has 1 aliphatic heterocycles. The molecule has 0 fully saturated rings. The van der Waals surface area contributed by atoms with E-state index in [2.05, 4.69) is 5.32 Å². The third-order valence-corrected chi connectivity index (χ3v) is 3.10. The molecule has 1 aliphatic rings. The average molecular weight is 272 g/mol. The lowest BCUT2D eigenvalue weighted by molar-refractivity contribution is -0.140. The van der Waals surface area contributed by atoms with Crippen LogP contribution in [0.15, 0.2) is 18.2 Å². The van der Waals surface area contributed by atoms with E-state index in [4.69, 9.17) is 0 Å². The highest BCUT2D eigenvalue weighted by Crippen LogP contribution is 2.24. The van der Waals surface area contributed by atoms with Crippen molar-refractivity contribution in [3.8, 4) is 0 Å². The molecule has 2 rings (SSSR count). The predicted octanol–water partition coefficient (Wildman–Crippen LogP) is 2.68. The summed E-state index contributed by atoms with van der Waals surface area (Å²) < 4.78 is 37.2. The maximum atomic E-state index is 12.4. The van der Waals surface area contributed by atoms with E-state index < -0.39 is 18.6 Å². The fourth-order valence-electron chi connectivity index (χ4n) is 2.16. The monoisotopic (exact) mass is 272 g/mol. The molecule has 0 saturated heterocycles. The molecule has 1 aromatic carbocycles. The normalized spacial score (nSPS) is 13.9. The topological polar surface area (TPSA) is 32.3 Å². The van der Waals surface area contributed by atoms with E-state index in [0.29, 0.717) is 5.56 Å². The number of fused-ring (bicyclic) bond motifs is 1. The Bertz CT molecular complexity index is 485. The van der Waals surface area contributed by atoms with Crippen LogP contribution < -0.4 is 5.32 Å². The number of rotatable bonds is 3. The van der Waals surface area contributed by atoms with E-state index in [1.54, 1.807) is 25.1 Å². The van der Waals surface area contributed by atoms with Crippen molar-refractivity contribution in [2.75, 3.05) is 25.0 Å². The van der Waals surface area contributed by atoms with Crippen LogP contribution in [0.25, 0.3) is 0 Å². The third-order valence-electron chi connectivity index (χ3n) is 3.10. The number of benzene rings is 1. The summed E-state index contributed by atoms with van der Waals surface area (Å²) in [5, 5.41) is 3.14. The highest BCUT2D eigenvalue weighted by Gasteiger charge is 2.32. The lowest BCUT2D eigenvalue weighted by Gasteiger charge is -2.22. The number of amides is 1. The second-order valence-electron chi connectivity index (χ2n) is 4.48. The molecular weight excluding hydrogens is 257 g/mol. The van der Waals surface area contributed by atoms with Crippen LogP contribution in [0.4, 0.5) is 18.9 Å². The van der Waals surface area contributed by atoms with Crippen molar-refractivity contribution in [1.29, 1.82) is 0 Å². The largest absolute Gasteiger partial charge is 0.406 e. The Morgan fingerprint density at radius 2 is 2.16 bits per heavy atom. The number of carbonyl (C=O) groups excluding carboxylic acids is 1. The molecule has 0 aliphatic carbocycles. The summed E-state index contributed by atoms with van der Waals surface area (Å²) in [5.41, 5.74) is 2.25. The summed E-state index contributed by atoms with van der Waals surface area (Å²) in [6.07, 6.45) is -3.58. The molecule has 0 unspecified atom stereocenters. The summed E-state index contributed by atoms with van der Waals surface area (Å²) in [6.45, 7) is 1.16. The van der Waals surface area contributed by atoms with Crippen molar-refractivity contribution in [3.63, 3.8) is 0 Å². The van der Waals surface area contributed by atoms with Gasteiger partial charge in [0.2, 0.25) is 0 Å². The van der Waals surface area contributed by atoms with Gasteiger partial charge in [0, 0.05) is 24.3 Å². The van der Waals surface area contributed by atoms with Gasteiger partial charge < -0.3 is 10.2 Å². The first-order valence-electron chi connectivity index (χ1n) is 6.13. The van der Waals surface area contributed by atoms with Crippen molar-refractivity contribution >= 4 is 11.6 Å². The Labute approximate surface area is 109 Å². The van der Waals surface area contributed by atoms with Gasteiger partial charge in [-0.25, -0.2) is 0 Å². The number of hydrogen-bond donors (Lipinski definition) is 1. The minimum atomic E-state index is -4.37. The van der Waals surface area contributed by atoms with Crippen LogP contribution in [-0.4, -0.2) is 36.6 Å². The molecule has 104 valence electrons. The minimum absolute atomic E-state index is 0.0354. The zero-order chi connectivity index (χ0) is 14.0. The van der Waals surface area contributed by atoms with Crippen molar-refractivity contribution in [3.05, 3.63) is 29.3 Å². The van der Waals surface area contributed by atoms with E-state index in [-0.39, 0.29) is 6.54 Å². The fraction of sp³-hybridized carbons (Fsp3) is 0.462. The number of halogens is 3. The molecule has 1 heterocycles. The van der Waals surface area contributed by atoms with Gasteiger partial charge in [-0.2, -0.15) is 13.2 Å². The molecule has 3 nitrogen and oxygen atoms in total. The summed E-state index contributed by atoms with van der Waals surface area (Å²) >= 11 is 0. The van der Waals surface area contributed by atoms with Crippen LogP contribution >= 0.6 is 0 Å². The van der Waals surface area contributed by atoms with Crippen LogP contribution in [0.2, 0.25) is 0 Å². The highest BCUT2D eigenvalue weighted by atomic mass is 19.4. The van der Waals surface area contributed by atoms with E-state index >= 15 is 0 Å². The van der Waals surface area contributed by atoms with Crippen LogP contribution in [0.5, 0.6) is 0 Å². The Balaban J connectivity index is 2.18. The van der Waals surface area contributed by atoms with Crippen molar-refractivity contribution in [2.24, 2.45) is 0 Å². The highest BCUT2D eigenvalue weighted by molar-refractivity contribution is 5.95. The van der Waals surface area contributed by atoms with Gasteiger partial charge in [-0.05, 0) is 37.1 Å². The maximum absolute atomic E-state index is 12.4. The summed E-state index contributed by atoms with van der Waals surface area (Å²) in [4.78, 5) is 12.9. The fourth-order valence-corrected chi connectivity index (χ4v) is 2.16. The summed E-state index contributed by atoms with van der Waals surface area (Å²) in [7, 11) is 0. The van der Waals surface area contributed by atoms with Crippen molar-refractivity contribution in [1.82, 2.24) is 4.90 Å². The molecule has 1 N–H and O–H groups in total. The van der Waals surface area contributed by atoms with E-state index in [1.807, 2.05) is 0 Å². The number of alkyl halides is 3. The zero-order valence-electron chi connectivity index (χ0n) is 10.5. The number of hydrogen-bond acceptors (Lipinski definition) is 2. The molecular formula is C13H15F3N2O. The lowest BCUT2D eigenvalue weighted by Crippen LogP contribution is -2.38. The zero-order valence-corrected chi connectivity index (χ0v) is 10.5. The van der Waals surface area contributed by atoms with Crippen molar-refractivity contribution in [2.45, 2.75) is 19.5 Å². The van der Waals surface area contributed by atoms with Crippen LogP contribution in [0.1, 0.15) is 22.8 Å². The lowest BCUT2D eigenvalue weighted by atomic mass is 10.1. The Morgan fingerprint density at radius 3 is 2.79 bits per heavy atom. The average Bonchev–Trinajstić information content (AvgIpc) is 2.81. The van der Waals surface area contributed by atoms with E-state index in [9.17, 15) is 18.0 Å². The van der Waals surface area contributed by atoms with Gasteiger partial charge in [-0.3, -0.25) is 4.79 Å². The molecule has 0 atom stereocenters. The Morgan fingerprint density at radius 1 is 1.42 bits per heavy atom. The quantitative estimate of drug-likeness (QED) is 0.917. The summed E-state index contributed by atoms with van der Waals surface area (Å²) in [5.74, 6) is -0.575. The molecule has 0 aromatic heterocycles. The van der Waals surface area contributed by atoms with Gasteiger partial charge in [0.05, 0.1) is 0 Å². The molecule has 0 radical (unpaired) electrons. The third kappa shape index (κ3) is 3.19. The number of nitrogens with zero attached hydrogens (tertiary/aromatic N) is 1. The van der Waals surface area contributed by atoms with Crippen LogP contribution in [0, 0.1) is 0 Å².